The van der Waals surface area contributed by atoms with Crippen LogP contribution in [-0.2, 0) is 11.0 Å². The lowest BCUT2D eigenvalue weighted by molar-refractivity contribution is -0.137. The van der Waals surface area contributed by atoms with Crippen LogP contribution in [0, 0.1) is 5.92 Å². The van der Waals surface area contributed by atoms with Crippen LogP contribution >= 0.6 is 23.2 Å². The summed E-state index contributed by atoms with van der Waals surface area (Å²) in [6.07, 6.45) is -3.67. The number of carbonyl (C=O) groups is 1. The zero-order valence-corrected chi connectivity index (χ0v) is 12.4. The second-order valence-corrected chi connectivity index (χ2v) is 5.24. The molecule has 1 aromatic rings. The normalized spacial score (nSPS) is 19.2. The van der Waals surface area contributed by atoms with Gasteiger partial charge in [0.25, 0.3) is 5.91 Å². The molecule has 0 aromatic heterocycles. The summed E-state index contributed by atoms with van der Waals surface area (Å²) in [4.78, 5) is 12.1. The smallest absolute Gasteiger partial charge is 0.411 e. The topological polar surface area (TPSA) is 65.3 Å². The Kier molecular flexibility index (Phi) is 4.35. The largest absolute Gasteiger partial charge is 0.416 e. The monoisotopic (exact) mass is 353 g/mol. The molecule has 1 atom stereocenters. The number of halogens is 5. The second-order valence-electron chi connectivity index (χ2n) is 4.43. The van der Waals surface area contributed by atoms with Crippen LogP contribution in [0.5, 0.6) is 0 Å². The molecule has 1 amide bonds. The lowest BCUT2D eigenvalue weighted by Crippen LogP contribution is -2.26. The lowest BCUT2D eigenvalue weighted by Gasteiger charge is -2.18. The van der Waals surface area contributed by atoms with Crippen LogP contribution in [0.15, 0.2) is 22.4 Å². The highest BCUT2D eigenvalue weighted by Gasteiger charge is 2.37. The van der Waals surface area contributed by atoms with Gasteiger partial charge in [-0.2, -0.15) is 23.3 Å². The summed E-state index contributed by atoms with van der Waals surface area (Å²) >= 11 is 11.7. The number of benzene rings is 1. The number of hydrazone groups is 1. The van der Waals surface area contributed by atoms with Crippen molar-refractivity contribution < 1.29 is 23.2 Å². The maximum atomic E-state index is 12.7. The molecule has 0 spiro atoms. The molecule has 10 heteroatoms. The SMILES string of the molecule is CC1C(=O)N(c2c(Cl)cc(C(F)(F)F)cc2Cl)N=C1C=NO. The summed E-state index contributed by atoms with van der Waals surface area (Å²) in [6.45, 7) is 1.49. The van der Waals surface area contributed by atoms with E-state index in [-0.39, 0.29) is 21.4 Å². The Hall–Kier alpha value is -1.80. The number of rotatable bonds is 2. The molecule has 1 heterocycles. The summed E-state index contributed by atoms with van der Waals surface area (Å²) in [5.74, 6) is -1.30. The van der Waals surface area contributed by atoms with Crippen molar-refractivity contribution in [1.82, 2.24) is 0 Å². The number of hydrogen-bond donors (Lipinski definition) is 1. The maximum absolute atomic E-state index is 12.7. The maximum Gasteiger partial charge on any atom is 0.416 e. The minimum absolute atomic E-state index is 0.125. The first-order chi connectivity index (χ1) is 10.2. The van der Waals surface area contributed by atoms with Gasteiger partial charge in [-0.25, -0.2) is 0 Å². The minimum atomic E-state index is -4.62. The predicted molar refractivity (Wildman–Crippen MR) is 75.8 cm³/mol. The van der Waals surface area contributed by atoms with E-state index in [9.17, 15) is 18.0 Å². The molecule has 0 bridgehead atoms. The van der Waals surface area contributed by atoms with Crippen molar-refractivity contribution in [1.29, 1.82) is 0 Å². The number of anilines is 1. The van der Waals surface area contributed by atoms with Crippen LogP contribution in [0.25, 0.3) is 0 Å². The molecular formula is C12H8Cl2F3N3O2. The van der Waals surface area contributed by atoms with Gasteiger partial charge >= 0.3 is 6.18 Å². The molecule has 1 unspecified atom stereocenters. The van der Waals surface area contributed by atoms with Crippen molar-refractivity contribution >= 4 is 46.7 Å². The molecule has 0 fully saturated rings. The van der Waals surface area contributed by atoms with Gasteiger partial charge in [-0.3, -0.25) is 4.79 Å². The summed E-state index contributed by atoms with van der Waals surface area (Å²) in [5, 5.41) is 15.2. The van der Waals surface area contributed by atoms with Crippen molar-refractivity contribution in [2.24, 2.45) is 16.2 Å². The van der Waals surface area contributed by atoms with E-state index in [0.29, 0.717) is 12.1 Å². The van der Waals surface area contributed by atoms with Gasteiger partial charge in [0.15, 0.2) is 0 Å². The van der Waals surface area contributed by atoms with E-state index in [4.69, 9.17) is 28.4 Å². The molecule has 0 radical (unpaired) electrons. The van der Waals surface area contributed by atoms with Crippen molar-refractivity contribution in [3.05, 3.63) is 27.7 Å². The summed E-state index contributed by atoms with van der Waals surface area (Å²) < 4.78 is 38.1. The Morgan fingerprint density at radius 1 is 1.36 bits per heavy atom. The summed E-state index contributed by atoms with van der Waals surface area (Å²) in [6, 6.07) is 1.32. The van der Waals surface area contributed by atoms with Gasteiger partial charge in [-0.15, -0.1) is 0 Å². The third-order valence-corrected chi connectivity index (χ3v) is 3.56. The number of hydrogen-bond acceptors (Lipinski definition) is 4. The number of alkyl halides is 3. The van der Waals surface area contributed by atoms with E-state index >= 15 is 0 Å². The molecule has 22 heavy (non-hydrogen) atoms. The van der Waals surface area contributed by atoms with Crippen molar-refractivity contribution in [3.8, 4) is 0 Å². The van der Waals surface area contributed by atoms with E-state index in [1.165, 1.54) is 6.92 Å². The number of amides is 1. The van der Waals surface area contributed by atoms with Crippen molar-refractivity contribution in [2.75, 3.05) is 5.01 Å². The molecule has 1 aromatic carbocycles. The Bertz CT molecular complexity index is 666. The van der Waals surface area contributed by atoms with Crippen molar-refractivity contribution in [2.45, 2.75) is 13.1 Å². The van der Waals surface area contributed by atoms with Gasteiger partial charge < -0.3 is 5.21 Å². The molecule has 0 aliphatic carbocycles. The molecule has 1 N–H and O–H groups in total. The van der Waals surface area contributed by atoms with Crippen LogP contribution in [-0.4, -0.2) is 23.0 Å². The molecule has 118 valence electrons. The fourth-order valence-corrected chi connectivity index (χ4v) is 2.50. The van der Waals surface area contributed by atoms with E-state index in [2.05, 4.69) is 10.3 Å². The van der Waals surface area contributed by atoms with E-state index in [0.717, 1.165) is 11.2 Å². The quantitative estimate of drug-likeness (QED) is 0.499. The molecular weight excluding hydrogens is 346 g/mol. The zero-order valence-electron chi connectivity index (χ0n) is 10.9. The average Bonchev–Trinajstić information content (AvgIpc) is 2.66. The number of carbonyl (C=O) groups excluding carboxylic acids is 1. The van der Waals surface area contributed by atoms with Crippen LogP contribution in [0.2, 0.25) is 10.0 Å². The number of oxime groups is 1. The highest BCUT2D eigenvalue weighted by atomic mass is 35.5. The zero-order chi connectivity index (χ0) is 16.7. The van der Waals surface area contributed by atoms with Crippen LogP contribution in [0.3, 0.4) is 0 Å². The molecule has 1 aliphatic rings. The Labute approximate surface area is 132 Å². The van der Waals surface area contributed by atoms with Gasteiger partial charge in [0, 0.05) is 0 Å². The Balaban J connectivity index is 2.52. The first-order valence-electron chi connectivity index (χ1n) is 5.83. The third-order valence-electron chi connectivity index (χ3n) is 2.98. The fourth-order valence-electron chi connectivity index (χ4n) is 1.85. The van der Waals surface area contributed by atoms with Gasteiger partial charge in [0.2, 0.25) is 0 Å². The average molecular weight is 354 g/mol. The highest BCUT2D eigenvalue weighted by molar-refractivity contribution is 6.43. The lowest BCUT2D eigenvalue weighted by atomic mass is 10.1. The third kappa shape index (κ3) is 2.89. The van der Waals surface area contributed by atoms with E-state index in [1.54, 1.807) is 0 Å². The number of nitrogens with zero attached hydrogens (tertiary/aromatic N) is 3. The van der Waals surface area contributed by atoms with Crippen LogP contribution < -0.4 is 5.01 Å². The predicted octanol–water partition coefficient (Wildman–Crippen LogP) is 3.81. The summed E-state index contributed by atoms with van der Waals surface area (Å²) in [7, 11) is 0. The first kappa shape index (κ1) is 16.6. The van der Waals surface area contributed by atoms with Gasteiger partial charge in [0.05, 0.1) is 33.5 Å². The molecule has 2 rings (SSSR count). The van der Waals surface area contributed by atoms with Crippen LogP contribution in [0.4, 0.5) is 18.9 Å². The molecule has 0 saturated heterocycles. The first-order valence-corrected chi connectivity index (χ1v) is 6.58. The van der Waals surface area contributed by atoms with Crippen LogP contribution in [0.1, 0.15) is 12.5 Å². The molecule has 5 nitrogen and oxygen atoms in total. The highest BCUT2D eigenvalue weighted by Crippen LogP contribution is 2.41. The Morgan fingerprint density at radius 2 is 1.91 bits per heavy atom. The standard InChI is InChI=1S/C12H8Cl2F3N3O2/c1-5-9(4-18-22)19-20(11(5)21)10-7(13)2-6(3-8(10)14)12(15,16)17/h2-5,22H,1H3. The minimum Gasteiger partial charge on any atom is -0.411 e. The van der Waals surface area contributed by atoms with E-state index < -0.39 is 23.6 Å². The van der Waals surface area contributed by atoms with Gasteiger partial charge in [-0.05, 0) is 19.1 Å². The summed E-state index contributed by atoms with van der Waals surface area (Å²) in [5.41, 5.74) is -1.07. The molecule has 1 aliphatic heterocycles. The molecule has 0 saturated carbocycles. The second kappa shape index (κ2) is 5.77. The van der Waals surface area contributed by atoms with E-state index in [1.807, 2.05) is 0 Å². The van der Waals surface area contributed by atoms with Gasteiger partial charge in [-0.1, -0.05) is 28.4 Å². The van der Waals surface area contributed by atoms with Gasteiger partial charge in [0.1, 0.15) is 5.69 Å². The van der Waals surface area contributed by atoms with Crippen molar-refractivity contribution in [3.63, 3.8) is 0 Å². The fraction of sp³-hybridized carbons (Fsp3) is 0.250. The Morgan fingerprint density at radius 3 is 2.36 bits per heavy atom.